The second kappa shape index (κ2) is 7.99. The van der Waals surface area contributed by atoms with Crippen LogP contribution >= 0.6 is 0 Å². The van der Waals surface area contributed by atoms with Gasteiger partial charge >= 0.3 is 0 Å². The van der Waals surface area contributed by atoms with E-state index in [9.17, 15) is 4.79 Å². The Morgan fingerprint density at radius 3 is 2.70 bits per heavy atom. The van der Waals surface area contributed by atoms with Gasteiger partial charge < -0.3 is 14.4 Å². The van der Waals surface area contributed by atoms with Crippen molar-refractivity contribution in [2.75, 3.05) is 20.2 Å². The Kier molecular flexibility index (Phi) is 5.19. The Labute approximate surface area is 177 Å². The molecule has 3 aliphatic rings. The number of fused-ring (bicyclic) bond motifs is 2. The number of hydrogen-bond donors (Lipinski definition) is 0. The summed E-state index contributed by atoms with van der Waals surface area (Å²) >= 11 is 0. The highest BCUT2D eigenvalue weighted by Gasteiger charge is 2.52. The van der Waals surface area contributed by atoms with Gasteiger partial charge in [-0.2, -0.15) is 0 Å². The molecule has 158 valence electrons. The van der Waals surface area contributed by atoms with Crippen molar-refractivity contribution in [1.29, 1.82) is 0 Å². The molecule has 3 heterocycles. The Morgan fingerprint density at radius 1 is 1.20 bits per heavy atom. The molecule has 1 aromatic carbocycles. The zero-order chi connectivity index (χ0) is 20.6. The number of hydrogen-bond acceptors (Lipinski definition) is 5. The number of aromatic nitrogens is 2. The third kappa shape index (κ3) is 3.58. The molecule has 0 unspecified atom stereocenters. The molecule has 1 spiro atoms. The van der Waals surface area contributed by atoms with Crippen molar-refractivity contribution in [2.45, 2.75) is 63.1 Å². The highest BCUT2D eigenvalue weighted by molar-refractivity contribution is 5.78. The summed E-state index contributed by atoms with van der Waals surface area (Å²) in [4.78, 5) is 24.1. The van der Waals surface area contributed by atoms with Gasteiger partial charge in [0.15, 0.2) is 0 Å². The number of rotatable bonds is 5. The molecule has 0 N–H and O–H groups in total. The van der Waals surface area contributed by atoms with Gasteiger partial charge in [0.1, 0.15) is 17.2 Å². The van der Waals surface area contributed by atoms with Crippen LogP contribution < -0.4 is 4.74 Å². The fourth-order valence-electron chi connectivity index (χ4n) is 4.97. The van der Waals surface area contributed by atoms with Crippen LogP contribution in [0.5, 0.6) is 5.75 Å². The van der Waals surface area contributed by atoms with E-state index in [0.717, 1.165) is 34.8 Å². The fourth-order valence-corrected chi connectivity index (χ4v) is 4.97. The Balaban J connectivity index is 1.18. The minimum absolute atomic E-state index is 0.174. The zero-order valence-electron chi connectivity index (χ0n) is 17.6. The topological polar surface area (TPSA) is 64.5 Å². The zero-order valence-corrected chi connectivity index (χ0v) is 17.6. The number of methoxy groups -OCH3 is 1. The first kappa shape index (κ1) is 19.5. The minimum atomic E-state index is -0.393. The third-order valence-corrected chi connectivity index (χ3v) is 6.86. The van der Waals surface area contributed by atoms with Crippen molar-refractivity contribution in [3.05, 3.63) is 53.1 Å². The van der Waals surface area contributed by atoms with E-state index in [0.29, 0.717) is 32.0 Å². The number of carbonyl (C=O) groups excluding carboxylic acids is 1. The smallest absolute Gasteiger partial charge is 0.223 e. The van der Waals surface area contributed by atoms with E-state index < -0.39 is 5.60 Å². The molecule has 0 radical (unpaired) electrons. The molecule has 1 saturated heterocycles. The molecule has 5 rings (SSSR count). The number of aryl methyl sites for hydroxylation is 1. The van der Waals surface area contributed by atoms with Crippen molar-refractivity contribution < 1.29 is 14.3 Å². The first-order valence-corrected chi connectivity index (χ1v) is 11.1. The average molecular weight is 408 g/mol. The molecular formula is C24H29N3O3. The summed E-state index contributed by atoms with van der Waals surface area (Å²) in [6.45, 7) is 1.74. The van der Waals surface area contributed by atoms with E-state index >= 15 is 0 Å². The first-order valence-electron chi connectivity index (χ1n) is 11.1. The van der Waals surface area contributed by atoms with Crippen LogP contribution in [0.3, 0.4) is 0 Å². The van der Waals surface area contributed by atoms with Gasteiger partial charge in [-0.05, 0) is 37.0 Å². The molecule has 6 nitrogen and oxygen atoms in total. The van der Waals surface area contributed by atoms with E-state index in [2.05, 4.69) is 0 Å². The summed E-state index contributed by atoms with van der Waals surface area (Å²) in [6, 6.07) is 7.90. The Morgan fingerprint density at radius 2 is 1.97 bits per heavy atom. The van der Waals surface area contributed by atoms with Crippen molar-refractivity contribution in [1.82, 2.24) is 14.9 Å². The van der Waals surface area contributed by atoms with Crippen LogP contribution in [0, 0.1) is 0 Å². The van der Waals surface area contributed by atoms with Crippen molar-refractivity contribution in [3.63, 3.8) is 0 Å². The lowest BCUT2D eigenvalue weighted by Gasteiger charge is -2.47. The lowest BCUT2D eigenvalue weighted by molar-refractivity contribution is -0.168. The average Bonchev–Trinajstić information content (AvgIpc) is 3.16. The molecule has 2 fully saturated rings. The molecule has 0 bridgehead atoms. The summed E-state index contributed by atoms with van der Waals surface area (Å²) < 4.78 is 11.3. The summed E-state index contributed by atoms with van der Waals surface area (Å²) in [5.41, 5.74) is 2.86. The van der Waals surface area contributed by atoms with E-state index in [4.69, 9.17) is 19.4 Å². The molecule has 1 saturated carbocycles. The van der Waals surface area contributed by atoms with E-state index in [1.54, 1.807) is 7.11 Å². The molecule has 30 heavy (non-hydrogen) atoms. The van der Waals surface area contributed by atoms with Crippen LogP contribution in [0.25, 0.3) is 0 Å². The Hall–Kier alpha value is -2.47. The van der Waals surface area contributed by atoms with Crippen molar-refractivity contribution in [3.8, 4) is 5.75 Å². The SMILES string of the molecule is COc1ccc(CCC(=O)N2CC3(C2)OCc2nc(C4CCCCC4)ncc23)cc1. The number of nitrogens with zero attached hydrogens (tertiary/aromatic N) is 3. The normalized spacial score (nSPS) is 20.1. The van der Waals surface area contributed by atoms with E-state index in [1.807, 2.05) is 35.4 Å². The second-order valence-corrected chi connectivity index (χ2v) is 8.80. The molecular weight excluding hydrogens is 378 g/mol. The number of benzene rings is 1. The van der Waals surface area contributed by atoms with Crippen LogP contribution in [0.15, 0.2) is 30.5 Å². The number of amides is 1. The van der Waals surface area contributed by atoms with E-state index in [-0.39, 0.29) is 5.91 Å². The number of ether oxygens (including phenoxy) is 2. The summed E-state index contributed by atoms with van der Waals surface area (Å²) in [5, 5.41) is 0. The van der Waals surface area contributed by atoms with Crippen LogP contribution in [0.4, 0.5) is 0 Å². The molecule has 2 aliphatic heterocycles. The van der Waals surface area contributed by atoms with Gasteiger partial charge in [-0.15, -0.1) is 0 Å². The maximum atomic E-state index is 12.6. The maximum absolute atomic E-state index is 12.6. The van der Waals surface area contributed by atoms with E-state index in [1.165, 1.54) is 32.1 Å². The van der Waals surface area contributed by atoms with Gasteiger partial charge in [0.25, 0.3) is 0 Å². The highest BCUT2D eigenvalue weighted by atomic mass is 16.5. The Bertz CT molecular complexity index is 916. The predicted octanol–water partition coefficient (Wildman–Crippen LogP) is 3.73. The van der Waals surface area contributed by atoms with Crippen molar-refractivity contribution >= 4 is 5.91 Å². The first-order chi connectivity index (χ1) is 14.7. The number of carbonyl (C=O) groups is 1. The fraction of sp³-hybridized carbons (Fsp3) is 0.542. The summed E-state index contributed by atoms with van der Waals surface area (Å²) in [5.74, 6) is 2.49. The van der Waals surface area contributed by atoms with Gasteiger partial charge in [0, 0.05) is 24.1 Å². The quantitative estimate of drug-likeness (QED) is 0.756. The molecule has 0 atom stereocenters. The third-order valence-electron chi connectivity index (χ3n) is 6.86. The van der Waals surface area contributed by atoms with Gasteiger partial charge in [-0.3, -0.25) is 4.79 Å². The summed E-state index contributed by atoms with van der Waals surface area (Å²) in [7, 11) is 1.66. The van der Waals surface area contributed by atoms with Crippen LogP contribution in [-0.4, -0.2) is 41.0 Å². The molecule has 1 aliphatic carbocycles. The molecule has 6 heteroatoms. The molecule has 1 amide bonds. The van der Waals surface area contributed by atoms with Gasteiger partial charge in [-0.25, -0.2) is 9.97 Å². The standard InChI is InChI=1S/C24H29N3O3/c1-29-19-10-7-17(8-11-19)9-12-22(28)27-15-24(16-27)20-13-25-23(26-21(20)14-30-24)18-5-3-2-4-6-18/h7-8,10-11,13,18H,2-6,9,12,14-16H2,1H3. The molecule has 2 aromatic rings. The second-order valence-electron chi connectivity index (χ2n) is 8.80. The predicted molar refractivity (Wildman–Crippen MR) is 112 cm³/mol. The van der Waals surface area contributed by atoms with Crippen LogP contribution in [-0.2, 0) is 28.2 Å². The lowest BCUT2D eigenvalue weighted by atomic mass is 9.86. The van der Waals surface area contributed by atoms with Gasteiger partial charge in [-0.1, -0.05) is 31.4 Å². The lowest BCUT2D eigenvalue weighted by Crippen LogP contribution is -2.61. The van der Waals surface area contributed by atoms with Gasteiger partial charge in [0.05, 0.1) is 32.5 Å². The molecule has 1 aromatic heterocycles. The van der Waals surface area contributed by atoms with Crippen molar-refractivity contribution in [2.24, 2.45) is 0 Å². The van der Waals surface area contributed by atoms with Gasteiger partial charge in [0.2, 0.25) is 5.91 Å². The van der Waals surface area contributed by atoms with Crippen LogP contribution in [0.2, 0.25) is 0 Å². The monoisotopic (exact) mass is 407 g/mol. The maximum Gasteiger partial charge on any atom is 0.223 e. The highest BCUT2D eigenvalue weighted by Crippen LogP contribution is 2.43. The summed E-state index contributed by atoms with van der Waals surface area (Å²) in [6.07, 6.45) is 9.49. The largest absolute Gasteiger partial charge is 0.497 e. The number of likely N-dealkylation sites (tertiary alicyclic amines) is 1. The van der Waals surface area contributed by atoms with Crippen LogP contribution in [0.1, 0.15) is 67.1 Å². The minimum Gasteiger partial charge on any atom is -0.497 e.